The van der Waals surface area contributed by atoms with Crippen molar-refractivity contribution in [2.75, 3.05) is 13.3 Å². The Labute approximate surface area is 130 Å². The highest BCUT2D eigenvalue weighted by molar-refractivity contribution is 4.92. The van der Waals surface area contributed by atoms with E-state index in [2.05, 4.69) is 10.8 Å². The molecule has 1 heterocycles. The van der Waals surface area contributed by atoms with Crippen molar-refractivity contribution >= 4 is 0 Å². The maximum atomic E-state index is 5.65. The molecule has 1 atom stereocenters. The fourth-order valence-corrected chi connectivity index (χ4v) is 4.81. The Hall–Kier alpha value is -0.120. The number of nitrogens with one attached hydrogen (secondary N) is 2. The molecule has 3 rings (SSSR count). The minimum atomic E-state index is 0.255. The minimum absolute atomic E-state index is 0.255. The molecule has 3 fully saturated rings. The molecule has 2 N–H and O–H groups in total. The highest BCUT2D eigenvalue weighted by Crippen LogP contribution is 2.36. The van der Waals surface area contributed by atoms with E-state index < -0.39 is 0 Å². The lowest BCUT2D eigenvalue weighted by Gasteiger charge is -2.42. The lowest BCUT2D eigenvalue weighted by molar-refractivity contribution is -0.0623. The zero-order valence-electron chi connectivity index (χ0n) is 13.7. The molecule has 3 aliphatic rings. The second kappa shape index (κ2) is 7.94. The van der Waals surface area contributed by atoms with Crippen molar-refractivity contribution in [3.63, 3.8) is 0 Å². The summed E-state index contributed by atoms with van der Waals surface area (Å²) >= 11 is 0. The maximum Gasteiger partial charge on any atom is 0.0865 e. The van der Waals surface area contributed by atoms with Gasteiger partial charge in [0.15, 0.2) is 0 Å². The van der Waals surface area contributed by atoms with Crippen molar-refractivity contribution in [1.29, 1.82) is 0 Å². The van der Waals surface area contributed by atoms with E-state index in [1.165, 1.54) is 83.5 Å². The molecule has 1 saturated heterocycles. The third-order valence-corrected chi connectivity index (χ3v) is 6.15. The average Bonchev–Trinajstić information content (AvgIpc) is 2.56. The summed E-state index contributed by atoms with van der Waals surface area (Å²) in [6, 6.07) is 0. The summed E-state index contributed by atoms with van der Waals surface area (Å²) in [4.78, 5) is 5.65. The highest BCUT2D eigenvalue weighted by Gasteiger charge is 2.36. The van der Waals surface area contributed by atoms with Crippen LogP contribution in [0.2, 0.25) is 0 Å². The summed E-state index contributed by atoms with van der Waals surface area (Å²) in [6.07, 6.45) is 18.6. The van der Waals surface area contributed by atoms with Gasteiger partial charge < -0.3 is 0 Å². The molecule has 0 spiro atoms. The molecule has 0 bridgehead atoms. The molecule has 0 aromatic carbocycles. The zero-order chi connectivity index (χ0) is 14.4. The number of hydrogen-bond donors (Lipinski definition) is 2. The molecule has 0 aromatic rings. The first-order valence-corrected chi connectivity index (χ1v) is 9.46. The summed E-state index contributed by atoms with van der Waals surface area (Å²) in [5.41, 5.74) is 3.26. The molecule has 0 amide bonds. The predicted molar refractivity (Wildman–Crippen MR) is 86.8 cm³/mol. The molecule has 0 radical (unpaired) electrons. The zero-order valence-corrected chi connectivity index (χ0v) is 13.7. The largest absolute Gasteiger partial charge is 0.299 e. The fraction of sp³-hybridized carbons (Fsp3) is 1.00. The smallest absolute Gasteiger partial charge is 0.0865 e. The summed E-state index contributed by atoms with van der Waals surface area (Å²) in [5.74, 6) is 1.91. The van der Waals surface area contributed by atoms with E-state index in [1.807, 2.05) is 0 Å². The molecule has 2 aliphatic carbocycles. The van der Waals surface area contributed by atoms with Crippen molar-refractivity contribution in [3.05, 3.63) is 0 Å². The summed E-state index contributed by atoms with van der Waals surface area (Å²) in [7, 11) is 0. The average molecular weight is 294 g/mol. The lowest BCUT2D eigenvalue weighted by atomic mass is 9.75. The third-order valence-electron chi connectivity index (χ3n) is 6.15. The molecule has 122 valence electrons. The van der Waals surface area contributed by atoms with Crippen LogP contribution in [-0.2, 0) is 4.84 Å². The molecule has 2 saturated carbocycles. The van der Waals surface area contributed by atoms with Crippen molar-refractivity contribution in [1.82, 2.24) is 10.8 Å². The van der Waals surface area contributed by atoms with E-state index in [0.717, 1.165) is 25.1 Å². The summed E-state index contributed by atoms with van der Waals surface area (Å²) in [6.45, 7) is 1.67. The van der Waals surface area contributed by atoms with E-state index in [4.69, 9.17) is 4.84 Å². The Morgan fingerprint density at radius 2 is 1.52 bits per heavy atom. The van der Waals surface area contributed by atoms with Crippen LogP contribution in [0.15, 0.2) is 0 Å². The van der Waals surface area contributed by atoms with Crippen molar-refractivity contribution in [3.8, 4) is 0 Å². The quantitative estimate of drug-likeness (QED) is 0.799. The molecular formula is C18H34N2O. The first kappa shape index (κ1) is 15.8. The Morgan fingerprint density at radius 3 is 2.14 bits per heavy atom. The summed E-state index contributed by atoms with van der Waals surface area (Å²) < 4.78 is 0. The third kappa shape index (κ3) is 4.67. The van der Waals surface area contributed by atoms with Crippen LogP contribution in [0.3, 0.4) is 0 Å². The van der Waals surface area contributed by atoms with Crippen molar-refractivity contribution < 1.29 is 4.84 Å². The molecule has 21 heavy (non-hydrogen) atoms. The van der Waals surface area contributed by atoms with Gasteiger partial charge in [0.05, 0.1) is 13.3 Å². The van der Waals surface area contributed by atoms with Crippen LogP contribution < -0.4 is 10.8 Å². The molecule has 0 unspecified atom stereocenters. The van der Waals surface area contributed by atoms with Gasteiger partial charge in [-0.1, -0.05) is 64.2 Å². The van der Waals surface area contributed by atoms with Gasteiger partial charge in [-0.25, -0.2) is 0 Å². The van der Waals surface area contributed by atoms with Crippen LogP contribution in [-0.4, -0.2) is 18.8 Å². The molecule has 1 aliphatic heterocycles. The molecule has 0 aromatic heterocycles. The molecular weight excluding hydrogens is 260 g/mol. The van der Waals surface area contributed by atoms with Crippen molar-refractivity contribution in [2.45, 2.75) is 89.0 Å². The second-order valence-corrected chi connectivity index (χ2v) is 7.82. The SMILES string of the molecule is C1CCC(CC[C@@]2(CC3CCCCC3)CONCN2)CC1. The van der Waals surface area contributed by atoms with E-state index >= 15 is 0 Å². The first-order valence-electron chi connectivity index (χ1n) is 9.46. The van der Waals surface area contributed by atoms with Gasteiger partial charge in [0, 0.05) is 5.54 Å². The van der Waals surface area contributed by atoms with Gasteiger partial charge in [0.2, 0.25) is 0 Å². The lowest BCUT2D eigenvalue weighted by Crippen LogP contribution is -2.58. The van der Waals surface area contributed by atoms with Crippen LogP contribution in [0.4, 0.5) is 0 Å². The van der Waals surface area contributed by atoms with Crippen molar-refractivity contribution in [2.24, 2.45) is 11.8 Å². The van der Waals surface area contributed by atoms with Crippen LogP contribution >= 0.6 is 0 Å². The Bertz CT molecular complexity index is 290. The van der Waals surface area contributed by atoms with Gasteiger partial charge in [-0.2, -0.15) is 5.48 Å². The number of rotatable bonds is 5. The first-order chi connectivity index (χ1) is 10.4. The van der Waals surface area contributed by atoms with Gasteiger partial charge in [0.25, 0.3) is 0 Å². The monoisotopic (exact) mass is 294 g/mol. The predicted octanol–water partition coefficient (Wildman–Crippen LogP) is 4.14. The van der Waals surface area contributed by atoms with Crippen LogP contribution in [0.25, 0.3) is 0 Å². The highest BCUT2D eigenvalue weighted by atomic mass is 16.6. The van der Waals surface area contributed by atoms with Gasteiger partial charge in [-0.05, 0) is 31.1 Å². The minimum Gasteiger partial charge on any atom is -0.299 e. The fourth-order valence-electron chi connectivity index (χ4n) is 4.81. The van der Waals surface area contributed by atoms with Crippen LogP contribution in [0, 0.1) is 11.8 Å². The topological polar surface area (TPSA) is 33.3 Å². The van der Waals surface area contributed by atoms with Gasteiger partial charge in [-0.3, -0.25) is 10.2 Å². The van der Waals surface area contributed by atoms with Gasteiger partial charge in [0.1, 0.15) is 0 Å². The Morgan fingerprint density at radius 1 is 0.857 bits per heavy atom. The van der Waals surface area contributed by atoms with E-state index in [0.29, 0.717) is 0 Å². The van der Waals surface area contributed by atoms with Crippen LogP contribution in [0.5, 0.6) is 0 Å². The van der Waals surface area contributed by atoms with Gasteiger partial charge >= 0.3 is 0 Å². The number of hydroxylamine groups is 1. The van der Waals surface area contributed by atoms with E-state index in [1.54, 1.807) is 0 Å². The second-order valence-electron chi connectivity index (χ2n) is 7.82. The summed E-state index contributed by atoms with van der Waals surface area (Å²) in [5, 5.41) is 3.78. The van der Waals surface area contributed by atoms with Crippen LogP contribution in [0.1, 0.15) is 83.5 Å². The maximum absolute atomic E-state index is 5.65. The van der Waals surface area contributed by atoms with Gasteiger partial charge in [-0.15, -0.1) is 0 Å². The number of hydrogen-bond acceptors (Lipinski definition) is 3. The van der Waals surface area contributed by atoms with E-state index in [-0.39, 0.29) is 5.54 Å². The standard InChI is InChI=1S/C18H34N2O/c1-3-7-16(8-4-1)11-12-18(14-21-20-15-19-18)13-17-9-5-2-6-10-17/h16-17,19-20H,1-15H2/t18-/m1/s1. The molecule has 3 heteroatoms. The normalized spacial score (nSPS) is 33.1. The Kier molecular flexibility index (Phi) is 5.96. The molecule has 3 nitrogen and oxygen atoms in total. The van der Waals surface area contributed by atoms with E-state index in [9.17, 15) is 0 Å². The Balaban J connectivity index is 1.53.